The van der Waals surface area contributed by atoms with Crippen molar-refractivity contribution in [1.82, 2.24) is 0 Å². The molecule has 1 atom stereocenters. The molecular weight excluding hydrogens is 291 g/mol. The third-order valence-corrected chi connectivity index (χ3v) is 3.50. The van der Waals surface area contributed by atoms with Crippen LogP contribution in [0.1, 0.15) is 25.8 Å². The van der Waals surface area contributed by atoms with Gasteiger partial charge in [0.1, 0.15) is 5.60 Å². The molecule has 0 bridgehead atoms. The molecule has 1 aromatic rings. The number of hydrogen-bond donors (Lipinski definition) is 1. The second kappa shape index (κ2) is 5.30. The fourth-order valence-corrected chi connectivity index (χ4v) is 1.97. The molecule has 0 aliphatic rings. The second-order valence-electron chi connectivity index (χ2n) is 3.96. The Morgan fingerprint density at radius 3 is 2.69 bits per heavy atom. The van der Waals surface area contributed by atoms with E-state index in [0.29, 0.717) is 11.4 Å². The normalized spacial score (nSPS) is 14.6. The molecule has 1 unspecified atom stereocenters. The van der Waals surface area contributed by atoms with Crippen molar-refractivity contribution in [2.45, 2.75) is 32.3 Å². The van der Waals surface area contributed by atoms with Crippen LogP contribution < -0.4 is 0 Å². The quantitative estimate of drug-likeness (QED) is 0.926. The molecule has 0 amide bonds. The molecule has 0 spiro atoms. The van der Waals surface area contributed by atoms with Gasteiger partial charge in [-0.25, -0.2) is 0 Å². The van der Waals surface area contributed by atoms with Crippen molar-refractivity contribution in [3.8, 4) is 0 Å². The first kappa shape index (κ1) is 13.7. The van der Waals surface area contributed by atoms with E-state index in [4.69, 9.17) is 11.6 Å². The van der Waals surface area contributed by atoms with Gasteiger partial charge < -0.3 is 5.11 Å². The molecular formula is C12H14BrClO2. The number of hydrogen-bond acceptors (Lipinski definition) is 2. The molecule has 2 nitrogen and oxygen atoms in total. The molecule has 0 heterocycles. The molecule has 1 rings (SSSR count). The van der Waals surface area contributed by atoms with Gasteiger partial charge in [-0.15, -0.1) is 0 Å². The number of halogens is 2. The highest BCUT2D eigenvalue weighted by Crippen LogP contribution is 2.23. The lowest BCUT2D eigenvalue weighted by atomic mass is 9.93. The minimum Gasteiger partial charge on any atom is -0.382 e. The summed E-state index contributed by atoms with van der Waals surface area (Å²) in [6.07, 6.45) is 0.562. The number of ketones is 1. The first-order valence-corrected chi connectivity index (χ1v) is 6.23. The summed E-state index contributed by atoms with van der Waals surface area (Å²) in [4.78, 5) is 11.8. The van der Waals surface area contributed by atoms with E-state index in [-0.39, 0.29) is 12.2 Å². The summed E-state index contributed by atoms with van der Waals surface area (Å²) >= 11 is 9.30. The minimum atomic E-state index is -1.27. The Bertz CT molecular complexity index is 402. The van der Waals surface area contributed by atoms with Gasteiger partial charge in [-0.3, -0.25) is 4.79 Å². The maximum atomic E-state index is 11.8. The summed E-state index contributed by atoms with van der Waals surface area (Å²) < 4.78 is 0.871. The van der Waals surface area contributed by atoms with Crippen LogP contribution in [0.15, 0.2) is 22.7 Å². The lowest BCUT2D eigenvalue weighted by Crippen LogP contribution is -2.35. The Hall–Kier alpha value is -0.380. The number of benzene rings is 1. The van der Waals surface area contributed by atoms with Crippen molar-refractivity contribution in [2.75, 3.05) is 0 Å². The van der Waals surface area contributed by atoms with Crippen LogP contribution >= 0.6 is 27.5 Å². The van der Waals surface area contributed by atoms with Gasteiger partial charge in [0.05, 0.1) is 0 Å². The number of carbonyl (C=O) groups excluding carboxylic acids is 1. The Kier molecular flexibility index (Phi) is 4.53. The van der Waals surface area contributed by atoms with E-state index in [0.717, 1.165) is 10.0 Å². The fraction of sp³-hybridized carbons (Fsp3) is 0.417. The summed E-state index contributed by atoms with van der Waals surface area (Å²) in [7, 11) is 0. The number of aliphatic hydroxyl groups is 1. The predicted molar refractivity (Wildman–Crippen MR) is 68.8 cm³/mol. The fourth-order valence-electron chi connectivity index (χ4n) is 1.23. The molecule has 16 heavy (non-hydrogen) atoms. The Balaban J connectivity index is 2.85. The predicted octanol–water partition coefficient (Wildman–Crippen LogP) is 3.38. The Morgan fingerprint density at radius 1 is 1.56 bits per heavy atom. The number of carbonyl (C=O) groups is 1. The van der Waals surface area contributed by atoms with Gasteiger partial charge in [-0.1, -0.05) is 40.5 Å². The summed E-state index contributed by atoms with van der Waals surface area (Å²) in [5.74, 6) is -0.209. The van der Waals surface area contributed by atoms with Crippen LogP contribution in [0.5, 0.6) is 0 Å². The van der Waals surface area contributed by atoms with Crippen LogP contribution in [0.2, 0.25) is 5.02 Å². The van der Waals surface area contributed by atoms with Crippen LogP contribution in [-0.4, -0.2) is 16.5 Å². The second-order valence-corrected chi connectivity index (χ2v) is 5.29. The minimum absolute atomic E-state index is 0.160. The van der Waals surface area contributed by atoms with E-state index >= 15 is 0 Å². The van der Waals surface area contributed by atoms with Crippen molar-refractivity contribution in [1.29, 1.82) is 0 Å². The highest BCUT2D eigenvalue weighted by Gasteiger charge is 2.27. The highest BCUT2D eigenvalue weighted by molar-refractivity contribution is 9.10. The van der Waals surface area contributed by atoms with E-state index in [2.05, 4.69) is 15.9 Å². The lowest BCUT2D eigenvalue weighted by Gasteiger charge is -2.19. The SMILES string of the molecule is CCC(C)(O)C(=O)Cc1ccc(Br)cc1Cl. The molecule has 88 valence electrons. The first-order chi connectivity index (χ1) is 7.36. The molecule has 4 heteroatoms. The van der Waals surface area contributed by atoms with Gasteiger partial charge in [-0.2, -0.15) is 0 Å². The van der Waals surface area contributed by atoms with E-state index in [1.165, 1.54) is 6.92 Å². The molecule has 0 aliphatic heterocycles. The standard InChI is InChI=1S/C12H14BrClO2/c1-3-12(2,16)11(15)6-8-4-5-9(13)7-10(8)14/h4-5,7,16H,3,6H2,1-2H3. The van der Waals surface area contributed by atoms with E-state index < -0.39 is 5.60 Å². The van der Waals surface area contributed by atoms with Gasteiger partial charge in [0.25, 0.3) is 0 Å². The van der Waals surface area contributed by atoms with Gasteiger partial charge in [0, 0.05) is 15.9 Å². The molecule has 0 saturated carbocycles. The van der Waals surface area contributed by atoms with Crippen molar-refractivity contribution >= 4 is 33.3 Å². The van der Waals surface area contributed by atoms with E-state index in [1.807, 2.05) is 6.07 Å². The topological polar surface area (TPSA) is 37.3 Å². The number of Topliss-reactive ketones (excluding diaryl/α,β-unsaturated/α-hetero) is 1. The van der Waals surface area contributed by atoms with E-state index in [9.17, 15) is 9.90 Å². The van der Waals surface area contributed by atoms with E-state index in [1.54, 1.807) is 19.1 Å². The molecule has 1 N–H and O–H groups in total. The van der Waals surface area contributed by atoms with Gasteiger partial charge in [0.2, 0.25) is 0 Å². The largest absolute Gasteiger partial charge is 0.382 e. The maximum Gasteiger partial charge on any atom is 0.168 e. The third kappa shape index (κ3) is 3.30. The van der Waals surface area contributed by atoms with Crippen molar-refractivity contribution in [3.05, 3.63) is 33.3 Å². The smallest absolute Gasteiger partial charge is 0.168 e. The van der Waals surface area contributed by atoms with Crippen molar-refractivity contribution in [2.24, 2.45) is 0 Å². The van der Waals surface area contributed by atoms with Crippen LogP contribution in [-0.2, 0) is 11.2 Å². The van der Waals surface area contributed by atoms with Crippen molar-refractivity contribution < 1.29 is 9.90 Å². The van der Waals surface area contributed by atoms with Gasteiger partial charge in [0.15, 0.2) is 5.78 Å². The van der Waals surface area contributed by atoms with Gasteiger partial charge in [-0.05, 0) is 31.0 Å². The zero-order valence-electron chi connectivity index (χ0n) is 9.26. The molecule has 0 radical (unpaired) electrons. The third-order valence-electron chi connectivity index (χ3n) is 2.66. The monoisotopic (exact) mass is 304 g/mol. The van der Waals surface area contributed by atoms with Crippen LogP contribution in [0, 0.1) is 0 Å². The highest BCUT2D eigenvalue weighted by atomic mass is 79.9. The first-order valence-electron chi connectivity index (χ1n) is 5.06. The summed E-state index contributed by atoms with van der Waals surface area (Å²) in [5.41, 5.74) is -0.528. The molecule has 0 aromatic heterocycles. The van der Waals surface area contributed by atoms with Crippen LogP contribution in [0.4, 0.5) is 0 Å². The average Bonchev–Trinajstić information content (AvgIpc) is 2.22. The summed E-state index contributed by atoms with van der Waals surface area (Å²) in [6.45, 7) is 3.31. The zero-order chi connectivity index (χ0) is 12.3. The van der Waals surface area contributed by atoms with Crippen LogP contribution in [0.3, 0.4) is 0 Å². The molecule has 0 fully saturated rings. The number of rotatable bonds is 4. The molecule has 1 aromatic carbocycles. The van der Waals surface area contributed by atoms with Gasteiger partial charge >= 0.3 is 0 Å². The average molecular weight is 306 g/mol. The molecule has 0 aliphatic carbocycles. The lowest BCUT2D eigenvalue weighted by molar-refractivity contribution is -0.135. The van der Waals surface area contributed by atoms with Crippen LogP contribution in [0.25, 0.3) is 0 Å². The zero-order valence-corrected chi connectivity index (χ0v) is 11.6. The maximum absolute atomic E-state index is 11.8. The Labute approximate surface area is 109 Å². The van der Waals surface area contributed by atoms with Crippen molar-refractivity contribution in [3.63, 3.8) is 0 Å². The summed E-state index contributed by atoms with van der Waals surface area (Å²) in [6, 6.07) is 5.36. The Morgan fingerprint density at radius 2 is 2.19 bits per heavy atom. The molecule has 0 saturated heterocycles. The summed E-state index contributed by atoms with van der Waals surface area (Å²) in [5, 5.41) is 10.3.